The van der Waals surface area contributed by atoms with Crippen molar-refractivity contribution in [1.29, 1.82) is 0 Å². The highest BCUT2D eigenvalue weighted by Crippen LogP contribution is 2.25. The first-order valence-corrected chi connectivity index (χ1v) is 10.3. The van der Waals surface area contributed by atoms with Crippen molar-refractivity contribution in [2.75, 3.05) is 31.7 Å². The smallest absolute Gasteiger partial charge is 0.329 e. The molecule has 0 unspecified atom stereocenters. The van der Waals surface area contributed by atoms with Gasteiger partial charge in [0.2, 0.25) is 5.91 Å². The summed E-state index contributed by atoms with van der Waals surface area (Å²) >= 11 is 0. The van der Waals surface area contributed by atoms with Crippen LogP contribution in [0.25, 0.3) is 0 Å². The number of hydrogen-bond donors (Lipinski definition) is 1. The molecule has 4 amide bonds. The van der Waals surface area contributed by atoms with Gasteiger partial charge in [-0.25, -0.2) is 9.69 Å². The lowest BCUT2D eigenvalue weighted by molar-refractivity contribution is -0.139. The van der Waals surface area contributed by atoms with Crippen molar-refractivity contribution in [3.8, 4) is 5.75 Å². The topological polar surface area (TPSA) is 88.2 Å². The second kappa shape index (κ2) is 9.18. The lowest BCUT2D eigenvalue weighted by atomic mass is 10.1. The molecule has 2 heterocycles. The number of nitrogens with zero attached hydrogens (tertiary/aromatic N) is 2. The molecule has 31 heavy (non-hydrogen) atoms. The van der Waals surface area contributed by atoms with Crippen LogP contribution in [0.3, 0.4) is 0 Å². The molecule has 1 N–H and O–H groups in total. The van der Waals surface area contributed by atoms with Crippen molar-refractivity contribution in [1.82, 2.24) is 10.2 Å². The van der Waals surface area contributed by atoms with Crippen molar-refractivity contribution in [3.05, 3.63) is 60.2 Å². The van der Waals surface area contributed by atoms with Crippen LogP contribution in [0.2, 0.25) is 0 Å². The molecule has 2 aromatic carbocycles. The number of methoxy groups -OCH3 is 1. The molecule has 0 bridgehead atoms. The van der Waals surface area contributed by atoms with Crippen LogP contribution in [-0.2, 0) is 14.3 Å². The number of rotatable bonds is 6. The molecule has 2 aliphatic rings. The van der Waals surface area contributed by atoms with Gasteiger partial charge >= 0.3 is 6.03 Å². The summed E-state index contributed by atoms with van der Waals surface area (Å²) in [7, 11) is 1.55. The van der Waals surface area contributed by atoms with Crippen molar-refractivity contribution in [3.63, 3.8) is 0 Å². The lowest BCUT2D eigenvalue weighted by Gasteiger charge is -2.33. The van der Waals surface area contributed by atoms with Crippen LogP contribution in [-0.4, -0.2) is 55.6 Å². The highest BCUT2D eigenvalue weighted by atomic mass is 16.5. The first-order valence-electron chi connectivity index (χ1n) is 10.3. The van der Waals surface area contributed by atoms with Crippen LogP contribution in [0.15, 0.2) is 54.6 Å². The van der Waals surface area contributed by atoms with E-state index in [0.717, 1.165) is 10.5 Å². The van der Waals surface area contributed by atoms with E-state index < -0.39 is 12.1 Å². The Morgan fingerprint density at radius 1 is 1.13 bits per heavy atom. The van der Waals surface area contributed by atoms with E-state index in [4.69, 9.17) is 9.47 Å². The van der Waals surface area contributed by atoms with Crippen LogP contribution in [0, 0.1) is 0 Å². The molecule has 0 radical (unpaired) electrons. The number of hydrogen-bond acceptors (Lipinski definition) is 5. The molecule has 2 saturated heterocycles. The molecule has 8 nitrogen and oxygen atoms in total. The Morgan fingerprint density at radius 2 is 1.87 bits per heavy atom. The first kappa shape index (κ1) is 20.9. The van der Waals surface area contributed by atoms with Gasteiger partial charge in [0.1, 0.15) is 17.9 Å². The number of carbonyl (C=O) groups excluding carboxylic acids is 3. The number of imide groups is 1. The summed E-state index contributed by atoms with van der Waals surface area (Å²) in [4.78, 5) is 40.7. The molecule has 2 atom stereocenters. The van der Waals surface area contributed by atoms with E-state index >= 15 is 0 Å². The number of carbonyl (C=O) groups is 3. The Labute approximate surface area is 180 Å². The molecule has 8 heteroatoms. The van der Waals surface area contributed by atoms with Gasteiger partial charge in [-0.15, -0.1) is 0 Å². The third-order valence-corrected chi connectivity index (χ3v) is 5.59. The van der Waals surface area contributed by atoms with Gasteiger partial charge in [0.05, 0.1) is 25.9 Å². The van der Waals surface area contributed by atoms with E-state index in [1.165, 1.54) is 0 Å². The monoisotopic (exact) mass is 423 g/mol. The minimum absolute atomic E-state index is 0.0471. The van der Waals surface area contributed by atoms with Crippen LogP contribution in [0.1, 0.15) is 24.5 Å². The SMILES string of the molecule is COc1ccc(N2C(=O)N[C@@H](CCC(=O)N3CCO[C@H](c4ccccc4)C3)C2=O)cc1. The van der Waals surface area contributed by atoms with Gasteiger partial charge in [0.25, 0.3) is 5.91 Å². The Hall–Kier alpha value is -3.39. The first-order chi connectivity index (χ1) is 15.1. The number of benzene rings is 2. The fourth-order valence-electron chi connectivity index (χ4n) is 3.87. The van der Waals surface area contributed by atoms with Crippen LogP contribution >= 0.6 is 0 Å². The van der Waals surface area contributed by atoms with Gasteiger partial charge in [-0.2, -0.15) is 0 Å². The number of anilines is 1. The normalized spacial score (nSPS) is 21.2. The molecule has 162 valence electrons. The molecular formula is C23H25N3O5. The molecule has 2 fully saturated rings. The minimum atomic E-state index is -0.718. The summed E-state index contributed by atoms with van der Waals surface area (Å²) < 4.78 is 10.9. The van der Waals surface area contributed by atoms with Gasteiger partial charge in [-0.3, -0.25) is 9.59 Å². The Kier molecular flexibility index (Phi) is 6.18. The third kappa shape index (κ3) is 4.54. The van der Waals surface area contributed by atoms with Gasteiger partial charge in [-0.05, 0) is 36.2 Å². The molecule has 4 rings (SSSR count). The van der Waals surface area contributed by atoms with E-state index in [1.807, 2.05) is 30.3 Å². The highest BCUT2D eigenvalue weighted by molar-refractivity contribution is 6.21. The zero-order valence-electron chi connectivity index (χ0n) is 17.3. The number of ether oxygens (including phenoxy) is 2. The summed E-state index contributed by atoms with van der Waals surface area (Å²) in [6, 6.07) is 15.3. The van der Waals surface area contributed by atoms with Crippen molar-refractivity contribution >= 4 is 23.5 Å². The summed E-state index contributed by atoms with van der Waals surface area (Å²) in [5.74, 6) is 0.235. The second-order valence-electron chi connectivity index (χ2n) is 7.52. The van der Waals surface area contributed by atoms with E-state index in [9.17, 15) is 14.4 Å². The average Bonchev–Trinajstić information content (AvgIpc) is 3.11. The largest absolute Gasteiger partial charge is 0.497 e. The zero-order chi connectivity index (χ0) is 21.8. The van der Waals surface area contributed by atoms with Crippen molar-refractivity contribution < 1.29 is 23.9 Å². The van der Waals surface area contributed by atoms with Gasteiger partial charge in [-0.1, -0.05) is 30.3 Å². The molecule has 2 aliphatic heterocycles. The number of nitrogens with one attached hydrogen (secondary N) is 1. The molecule has 0 spiro atoms. The second-order valence-corrected chi connectivity index (χ2v) is 7.52. The van der Waals surface area contributed by atoms with Crippen molar-refractivity contribution in [2.24, 2.45) is 0 Å². The Bertz CT molecular complexity index is 947. The van der Waals surface area contributed by atoms with Crippen LogP contribution in [0.5, 0.6) is 5.75 Å². The van der Waals surface area contributed by atoms with E-state index in [2.05, 4.69) is 5.32 Å². The molecule has 2 aromatic rings. The molecular weight excluding hydrogens is 398 g/mol. The Morgan fingerprint density at radius 3 is 2.58 bits per heavy atom. The standard InChI is InChI=1S/C23H25N3O5/c1-30-18-9-7-17(8-10-18)26-22(28)19(24-23(26)29)11-12-21(27)25-13-14-31-20(15-25)16-5-3-2-4-6-16/h2-10,19-20H,11-15H2,1H3,(H,24,29)/t19-,20-/m0/s1. The number of amides is 4. The zero-order valence-corrected chi connectivity index (χ0v) is 17.3. The molecule has 0 aliphatic carbocycles. The minimum Gasteiger partial charge on any atom is -0.497 e. The van der Waals surface area contributed by atoms with Crippen molar-refractivity contribution in [2.45, 2.75) is 25.0 Å². The highest BCUT2D eigenvalue weighted by Gasteiger charge is 2.39. The fourth-order valence-corrected chi connectivity index (χ4v) is 3.87. The summed E-state index contributed by atoms with van der Waals surface area (Å²) in [5, 5.41) is 2.68. The predicted molar refractivity (Wildman–Crippen MR) is 114 cm³/mol. The number of urea groups is 1. The van der Waals surface area contributed by atoms with Crippen LogP contribution < -0.4 is 15.0 Å². The summed E-state index contributed by atoms with van der Waals surface area (Å²) in [6.07, 6.45) is 0.273. The van der Waals surface area contributed by atoms with Gasteiger partial charge in [0.15, 0.2) is 0 Å². The maximum absolute atomic E-state index is 12.8. The van der Waals surface area contributed by atoms with E-state index in [0.29, 0.717) is 31.1 Å². The Balaban J connectivity index is 1.34. The number of morpholine rings is 1. The summed E-state index contributed by atoms with van der Waals surface area (Å²) in [6.45, 7) is 1.46. The average molecular weight is 423 g/mol. The van der Waals surface area contributed by atoms with Gasteiger partial charge < -0.3 is 19.7 Å². The third-order valence-electron chi connectivity index (χ3n) is 5.59. The van der Waals surface area contributed by atoms with E-state index in [1.54, 1.807) is 36.3 Å². The maximum atomic E-state index is 12.8. The molecule has 0 aromatic heterocycles. The predicted octanol–water partition coefficient (Wildman–Crippen LogP) is 2.50. The fraction of sp³-hybridized carbons (Fsp3) is 0.348. The maximum Gasteiger partial charge on any atom is 0.329 e. The summed E-state index contributed by atoms with van der Waals surface area (Å²) in [5.41, 5.74) is 1.50. The van der Waals surface area contributed by atoms with Crippen LogP contribution in [0.4, 0.5) is 10.5 Å². The van der Waals surface area contributed by atoms with Gasteiger partial charge in [0, 0.05) is 13.0 Å². The molecule has 0 saturated carbocycles. The van der Waals surface area contributed by atoms with E-state index in [-0.39, 0.29) is 30.8 Å². The quantitative estimate of drug-likeness (QED) is 0.722. The lowest BCUT2D eigenvalue weighted by Crippen LogP contribution is -2.43.